The molecule has 0 N–H and O–H groups in total. The molecule has 0 heterocycles. The highest BCUT2D eigenvalue weighted by Gasteiger charge is 2.15. The maximum absolute atomic E-state index is 14.2. The standard InChI is InChI=1S/C19H15F.C19H24.3C15H16.C13H10F2.C8H10/c1-14-18(16-10-6-3-7-11-16)12-17(13-19(14)20)15-8-4-2-5-9-15;1-13(2)18-11-17(16-9-7-6-8-10-16)12-19(14(3)4)15(18)5;1-11-9-15(10-12(2)13(11)3)14-7-5-4-6-8-14;1-11-9-13(3)15(10-12(11)2)14-7-5-4-6-8-14;1-11-9-12(2)13(3)15(10-11)14-7-5-4-6-8-14;1-9-12(14)7-11(8-13(9)15)10-5-3-2-4-6-10;1-7-4-3-5-8(2)6-7/h2-13H,1H3;6-14H,1-5H3;3*4-10H,1-3H3;2-8H,1H3;3-6H,1-2H3. The van der Waals surface area contributed by atoms with Gasteiger partial charge in [-0.25, -0.2) is 13.2 Å². The number of rotatable bonds is 9. The largest absolute Gasteiger partial charge is 0.207 e. The Morgan fingerprint density at radius 3 is 0.832 bits per heavy atom. The minimum atomic E-state index is -0.506. The molecule has 14 aromatic carbocycles. The third-order valence-electron chi connectivity index (χ3n) is 19.8. The minimum Gasteiger partial charge on any atom is -0.207 e. The van der Waals surface area contributed by atoms with Crippen molar-refractivity contribution in [1.29, 1.82) is 0 Å². The van der Waals surface area contributed by atoms with E-state index >= 15 is 0 Å². The normalized spacial score (nSPS) is 10.5. The van der Waals surface area contributed by atoms with Crippen molar-refractivity contribution in [2.45, 2.75) is 136 Å². The highest BCUT2D eigenvalue weighted by molar-refractivity contribution is 5.76. The molecule has 107 heavy (non-hydrogen) atoms. The van der Waals surface area contributed by atoms with Crippen molar-refractivity contribution < 1.29 is 13.2 Å². The molecule has 544 valence electrons. The predicted octanol–water partition coefficient (Wildman–Crippen LogP) is 30.5. The van der Waals surface area contributed by atoms with Crippen LogP contribution in [0.2, 0.25) is 0 Å². The molecule has 0 bridgehead atoms. The summed E-state index contributed by atoms with van der Waals surface area (Å²) >= 11 is 0. The van der Waals surface area contributed by atoms with Crippen LogP contribution in [0, 0.1) is 114 Å². The maximum atomic E-state index is 14.2. The van der Waals surface area contributed by atoms with E-state index in [0.717, 1.165) is 27.8 Å². The summed E-state index contributed by atoms with van der Waals surface area (Å²) in [5.74, 6) is -0.0322. The van der Waals surface area contributed by atoms with Crippen LogP contribution < -0.4 is 0 Å². The number of halogens is 3. The lowest BCUT2D eigenvalue weighted by Gasteiger charge is -2.19. The summed E-state index contributed by atoms with van der Waals surface area (Å²) in [7, 11) is 0. The summed E-state index contributed by atoms with van der Waals surface area (Å²) in [6.07, 6.45) is 0. The highest BCUT2D eigenvalue weighted by atomic mass is 19.1. The van der Waals surface area contributed by atoms with Crippen molar-refractivity contribution in [1.82, 2.24) is 0 Å². The topological polar surface area (TPSA) is 0 Å². The second-order valence-corrected chi connectivity index (χ2v) is 28.7. The summed E-state index contributed by atoms with van der Waals surface area (Å²) in [6.45, 7) is 38.4. The average molecular weight is 1410 g/mol. The van der Waals surface area contributed by atoms with Gasteiger partial charge < -0.3 is 0 Å². The highest BCUT2D eigenvalue weighted by Crippen LogP contribution is 2.36. The van der Waals surface area contributed by atoms with Crippen LogP contribution in [0.4, 0.5) is 13.2 Å². The Hall–Kier alpha value is -11.1. The molecule has 0 amide bonds. The van der Waals surface area contributed by atoms with Crippen molar-refractivity contribution in [2.75, 3.05) is 0 Å². The Kier molecular flexibility index (Phi) is 30.4. The second-order valence-electron chi connectivity index (χ2n) is 28.7. The van der Waals surface area contributed by atoms with Gasteiger partial charge in [0.05, 0.1) is 0 Å². The van der Waals surface area contributed by atoms with E-state index in [-0.39, 0.29) is 11.4 Å². The molecule has 0 aliphatic rings. The van der Waals surface area contributed by atoms with Gasteiger partial charge in [0, 0.05) is 5.56 Å². The van der Waals surface area contributed by atoms with Gasteiger partial charge in [0.25, 0.3) is 0 Å². The van der Waals surface area contributed by atoms with Crippen LogP contribution in [0.25, 0.3) is 77.9 Å². The SMILES string of the molecule is Cc1c(C(C)C)cc(-c2ccccc2)cc1C(C)C.Cc1c(F)cc(-c2ccccc2)cc1-c1ccccc1.Cc1c(F)cc(-c2ccccc2)cc1F.Cc1cc(-c2ccccc2)cc(C)c1C.Cc1cc(C)c(-c2ccccc2)cc1C.Cc1cc(C)c(C)c(-c2ccccc2)c1.Cc1cccc(C)c1. The Morgan fingerprint density at radius 1 is 0.178 bits per heavy atom. The van der Waals surface area contributed by atoms with Crippen LogP contribution in [0.1, 0.15) is 129 Å². The van der Waals surface area contributed by atoms with Crippen molar-refractivity contribution in [3.8, 4) is 77.9 Å². The maximum Gasteiger partial charge on any atom is 0.129 e. The summed E-state index contributed by atoms with van der Waals surface area (Å²) in [5.41, 5.74) is 36.0. The van der Waals surface area contributed by atoms with E-state index in [4.69, 9.17) is 0 Å². The molecule has 0 aromatic heterocycles. The van der Waals surface area contributed by atoms with Gasteiger partial charge in [0.1, 0.15) is 17.5 Å². The summed E-state index contributed by atoms with van der Waals surface area (Å²) < 4.78 is 40.8. The first kappa shape index (κ1) is 81.5. The lowest BCUT2D eigenvalue weighted by molar-refractivity contribution is 0.569. The Labute approximate surface area is 639 Å². The molecule has 0 radical (unpaired) electrons. The number of benzene rings is 14. The van der Waals surface area contributed by atoms with Crippen molar-refractivity contribution >= 4 is 0 Å². The molecule has 14 aromatic rings. The first-order valence-electron chi connectivity index (χ1n) is 37.3. The van der Waals surface area contributed by atoms with Crippen molar-refractivity contribution in [3.63, 3.8) is 0 Å². The lowest BCUT2D eigenvalue weighted by atomic mass is 9.86. The molecular weight excluding hydrogens is 1310 g/mol. The van der Waals surface area contributed by atoms with Crippen LogP contribution in [-0.2, 0) is 0 Å². The molecule has 0 aliphatic carbocycles. The Bertz CT molecular complexity index is 4930. The third kappa shape index (κ3) is 23.4. The molecule has 0 spiro atoms. The van der Waals surface area contributed by atoms with E-state index < -0.39 is 11.6 Å². The first-order chi connectivity index (χ1) is 51.3. The smallest absolute Gasteiger partial charge is 0.129 e. The molecule has 3 heteroatoms. The molecule has 0 unspecified atom stereocenters. The van der Waals surface area contributed by atoms with E-state index in [1.54, 1.807) is 6.07 Å². The van der Waals surface area contributed by atoms with Gasteiger partial charge in [-0.3, -0.25) is 0 Å². The zero-order valence-corrected chi connectivity index (χ0v) is 66.2. The summed E-state index contributed by atoms with van der Waals surface area (Å²) in [4.78, 5) is 0. The molecule has 14 rings (SSSR count). The van der Waals surface area contributed by atoms with Gasteiger partial charge in [-0.2, -0.15) is 0 Å². The van der Waals surface area contributed by atoms with Crippen LogP contribution >= 0.6 is 0 Å². The molecule has 0 saturated heterocycles. The summed E-state index contributed by atoms with van der Waals surface area (Å²) in [5, 5.41) is 0. The van der Waals surface area contributed by atoms with E-state index in [2.05, 4.69) is 311 Å². The molecule has 0 saturated carbocycles. The van der Waals surface area contributed by atoms with Gasteiger partial charge in [0.15, 0.2) is 0 Å². The fourth-order valence-electron chi connectivity index (χ4n) is 13.1. The molecule has 0 nitrogen and oxygen atoms in total. The zero-order chi connectivity index (χ0) is 77.3. The summed E-state index contributed by atoms with van der Waals surface area (Å²) in [6, 6.07) is 104. The van der Waals surface area contributed by atoms with E-state index in [1.165, 1.54) is 141 Å². The molecule has 0 aliphatic heterocycles. The number of hydrogen-bond acceptors (Lipinski definition) is 0. The molecule has 0 atom stereocenters. The average Bonchev–Trinajstić information content (AvgIpc) is 0.956. The van der Waals surface area contributed by atoms with Gasteiger partial charge in [-0.1, -0.05) is 330 Å². The predicted molar refractivity (Wildman–Crippen MR) is 458 cm³/mol. The first-order valence-corrected chi connectivity index (χ1v) is 37.3. The fraction of sp³-hybridized carbons (Fsp3) is 0.192. The Balaban J connectivity index is 0.000000159. The minimum absolute atomic E-state index is 0.0645. The number of hydrogen-bond donors (Lipinski definition) is 0. The van der Waals surface area contributed by atoms with Crippen molar-refractivity contribution in [3.05, 3.63) is 416 Å². The van der Waals surface area contributed by atoms with Crippen LogP contribution in [-0.4, -0.2) is 0 Å². The van der Waals surface area contributed by atoms with E-state index in [9.17, 15) is 13.2 Å². The van der Waals surface area contributed by atoms with Crippen LogP contribution in [0.15, 0.2) is 309 Å². The quantitative estimate of drug-likeness (QED) is 0.135. The van der Waals surface area contributed by atoms with Crippen LogP contribution in [0.3, 0.4) is 0 Å². The van der Waals surface area contributed by atoms with E-state index in [1.807, 2.05) is 97.9 Å². The van der Waals surface area contributed by atoms with E-state index in [0.29, 0.717) is 23.0 Å². The third-order valence-corrected chi connectivity index (χ3v) is 19.8. The second kappa shape index (κ2) is 39.8. The number of aryl methyl sites for hydroxylation is 9. The van der Waals surface area contributed by atoms with Crippen molar-refractivity contribution in [2.24, 2.45) is 0 Å². The fourth-order valence-corrected chi connectivity index (χ4v) is 13.1. The van der Waals surface area contributed by atoms with Gasteiger partial charge in [0.2, 0.25) is 0 Å². The monoisotopic (exact) mass is 1410 g/mol. The zero-order valence-electron chi connectivity index (χ0n) is 66.2. The van der Waals surface area contributed by atoms with Gasteiger partial charge >= 0.3 is 0 Å². The van der Waals surface area contributed by atoms with Gasteiger partial charge in [-0.05, 0) is 278 Å². The van der Waals surface area contributed by atoms with Gasteiger partial charge in [-0.15, -0.1) is 0 Å². The Morgan fingerprint density at radius 2 is 0.477 bits per heavy atom. The lowest BCUT2D eigenvalue weighted by Crippen LogP contribution is -2.00. The van der Waals surface area contributed by atoms with Crippen LogP contribution in [0.5, 0.6) is 0 Å². The molecular formula is C104H107F3. The molecule has 0 fully saturated rings.